The number of anilines is 1. The highest BCUT2D eigenvalue weighted by Crippen LogP contribution is 2.22. The third-order valence-corrected chi connectivity index (χ3v) is 2.82. The van der Waals surface area contributed by atoms with E-state index in [0.717, 1.165) is 16.8 Å². The SMILES string of the molecule is Cc1cc(C)c(NC(=O)Cc2nc(C)no2)c(C)c1. The molecule has 0 aliphatic rings. The van der Waals surface area contributed by atoms with E-state index in [1.165, 1.54) is 5.56 Å². The molecule has 5 heteroatoms. The van der Waals surface area contributed by atoms with Crippen molar-refractivity contribution in [2.75, 3.05) is 5.32 Å². The molecule has 1 aromatic heterocycles. The molecule has 2 rings (SSSR count). The van der Waals surface area contributed by atoms with E-state index in [-0.39, 0.29) is 12.3 Å². The molecule has 0 spiro atoms. The zero-order valence-electron chi connectivity index (χ0n) is 11.6. The Morgan fingerprint density at radius 2 is 1.84 bits per heavy atom. The Labute approximate surface area is 112 Å². The van der Waals surface area contributed by atoms with Gasteiger partial charge in [0.05, 0.1) is 0 Å². The van der Waals surface area contributed by atoms with Crippen molar-refractivity contribution >= 4 is 11.6 Å². The average Bonchev–Trinajstić information content (AvgIpc) is 2.69. The van der Waals surface area contributed by atoms with Crippen LogP contribution in [0.1, 0.15) is 28.4 Å². The van der Waals surface area contributed by atoms with E-state index in [9.17, 15) is 4.79 Å². The summed E-state index contributed by atoms with van der Waals surface area (Å²) in [6.07, 6.45) is 0.0909. The predicted octanol–water partition coefficient (Wildman–Crippen LogP) is 2.48. The Morgan fingerprint density at radius 1 is 1.21 bits per heavy atom. The number of amides is 1. The summed E-state index contributed by atoms with van der Waals surface area (Å²) >= 11 is 0. The number of nitrogens with zero attached hydrogens (tertiary/aromatic N) is 2. The third-order valence-electron chi connectivity index (χ3n) is 2.82. The molecule has 0 atom stereocenters. The molecule has 0 aliphatic carbocycles. The topological polar surface area (TPSA) is 68.0 Å². The van der Waals surface area contributed by atoms with Crippen molar-refractivity contribution in [3.8, 4) is 0 Å². The zero-order valence-corrected chi connectivity index (χ0v) is 11.6. The Bertz CT molecular complexity index is 594. The first-order valence-electron chi connectivity index (χ1n) is 6.12. The number of carbonyl (C=O) groups excluding carboxylic acids is 1. The van der Waals surface area contributed by atoms with Crippen molar-refractivity contribution in [2.45, 2.75) is 34.1 Å². The maximum Gasteiger partial charge on any atom is 0.236 e. The van der Waals surface area contributed by atoms with Crippen LogP contribution in [-0.4, -0.2) is 16.0 Å². The highest BCUT2D eigenvalue weighted by molar-refractivity contribution is 5.93. The second-order valence-electron chi connectivity index (χ2n) is 4.73. The predicted molar refractivity (Wildman–Crippen MR) is 72.0 cm³/mol. The van der Waals surface area contributed by atoms with Crippen LogP contribution in [0.4, 0.5) is 5.69 Å². The first-order chi connectivity index (χ1) is 8.95. The first-order valence-corrected chi connectivity index (χ1v) is 6.12. The largest absolute Gasteiger partial charge is 0.339 e. The molecule has 1 N–H and O–H groups in total. The number of aromatic nitrogens is 2. The molecule has 0 radical (unpaired) electrons. The molecule has 2 aromatic rings. The van der Waals surface area contributed by atoms with Crippen LogP contribution in [0.2, 0.25) is 0 Å². The van der Waals surface area contributed by atoms with Gasteiger partial charge in [0.1, 0.15) is 6.42 Å². The van der Waals surface area contributed by atoms with Crippen molar-refractivity contribution in [3.63, 3.8) is 0 Å². The standard InChI is InChI=1S/C14H17N3O2/c1-8-5-9(2)14(10(3)6-8)16-12(18)7-13-15-11(4)17-19-13/h5-6H,7H2,1-4H3,(H,16,18). The van der Waals surface area contributed by atoms with Gasteiger partial charge in [0, 0.05) is 5.69 Å². The minimum absolute atomic E-state index is 0.0909. The summed E-state index contributed by atoms with van der Waals surface area (Å²) in [5.41, 5.74) is 4.13. The van der Waals surface area contributed by atoms with Gasteiger partial charge < -0.3 is 9.84 Å². The number of hydrogen-bond donors (Lipinski definition) is 1. The molecule has 0 bridgehead atoms. The monoisotopic (exact) mass is 259 g/mol. The molecular weight excluding hydrogens is 242 g/mol. The third kappa shape index (κ3) is 3.19. The van der Waals surface area contributed by atoms with Crippen LogP contribution in [0.5, 0.6) is 0 Å². The second-order valence-corrected chi connectivity index (χ2v) is 4.73. The lowest BCUT2D eigenvalue weighted by atomic mass is 10.1. The van der Waals surface area contributed by atoms with Gasteiger partial charge in [0.15, 0.2) is 5.82 Å². The van der Waals surface area contributed by atoms with Crippen molar-refractivity contribution < 1.29 is 9.32 Å². The Balaban J connectivity index is 2.11. The molecule has 0 saturated heterocycles. The van der Waals surface area contributed by atoms with E-state index in [1.54, 1.807) is 6.92 Å². The van der Waals surface area contributed by atoms with Crippen molar-refractivity contribution in [1.82, 2.24) is 10.1 Å². The minimum Gasteiger partial charge on any atom is -0.339 e. The fourth-order valence-electron chi connectivity index (χ4n) is 2.11. The quantitative estimate of drug-likeness (QED) is 0.919. The first kappa shape index (κ1) is 13.3. The van der Waals surface area contributed by atoms with E-state index < -0.39 is 0 Å². The molecule has 1 heterocycles. The lowest BCUT2D eigenvalue weighted by Crippen LogP contribution is -2.16. The maximum absolute atomic E-state index is 11.9. The van der Waals surface area contributed by atoms with Gasteiger partial charge in [-0.2, -0.15) is 4.98 Å². The van der Waals surface area contributed by atoms with Crippen LogP contribution in [0.25, 0.3) is 0 Å². The lowest BCUT2D eigenvalue weighted by molar-refractivity contribution is -0.115. The van der Waals surface area contributed by atoms with Gasteiger partial charge in [-0.15, -0.1) is 0 Å². The zero-order chi connectivity index (χ0) is 14.0. The van der Waals surface area contributed by atoms with E-state index in [1.807, 2.05) is 32.9 Å². The molecule has 5 nitrogen and oxygen atoms in total. The highest BCUT2D eigenvalue weighted by Gasteiger charge is 2.12. The Morgan fingerprint density at radius 3 is 2.37 bits per heavy atom. The summed E-state index contributed by atoms with van der Waals surface area (Å²) in [7, 11) is 0. The molecule has 0 fully saturated rings. The van der Waals surface area contributed by atoms with Crippen LogP contribution in [0.15, 0.2) is 16.7 Å². The molecule has 0 aliphatic heterocycles. The molecule has 1 amide bonds. The van der Waals surface area contributed by atoms with Gasteiger partial charge in [-0.25, -0.2) is 0 Å². The van der Waals surface area contributed by atoms with Crippen LogP contribution in [0.3, 0.4) is 0 Å². The molecule has 19 heavy (non-hydrogen) atoms. The number of rotatable bonds is 3. The van der Waals surface area contributed by atoms with Crippen LogP contribution < -0.4 is 5.32 Å². The summed E-state index contributed by atoms with van der Waals surface area (Å²) in [6.45, 7) is 7.71. The van der Waals surface area contributed by atoms with Gasteiger partial charge in [-0.3, -0.25) is 4.79 Å². The maximum atomic E-state index is 11.9. The Hall–Kier alpha value is -2.17. The fraction of sp³-hybridized carbons (Fsp3) is 0.357. The van der Waals surface area contributed by atoms with E-state index in [0.29, 0.717) is 11.7 Å². The van der Waals surface area contributed by atoms with Gasteiger partial charge in [0.25, 0.3) is 0 Å². The van der Waals surface area contributed by atoms with Gasteiger partial charge in [-0.05, 0) is 38.8 Å². The minimum atomic E-state index is -0.154. The fourth-order valence-corrected chi connectivity index (χ4v) is 2.11. The molecule has 0 saturated carbocycles. The number of hydrogen-bond acceptors (Lipinski definition) is 4. The normalized spacial score (nSPS) is 10.5. The number of aryl methyl sites for hydroxylation is 4. The highest BCUT2D eigenvalue weighted by atomic mass is 16.5. The molecule has 1 aromatic carbocycles. The van der Waals surface area contributed by atoms with E-state index >= 15 is 0 Å². The molecule has 100 valence electrons. The average molecular weight is 259 g/mol. The number of carbonyl (C=O) groups is 1. The summed E-state index contributed by atoms with van der Waals surface area (Å²) in [4.78, 5) is 16.0. The molecular formula is C14H17N3O2. The van der Waals surface area contributed by atoms with Gasteiger partial charge in [-0.1, -0.05) is 22.9 Å². The van der Waals surface area contributed by atoms with Crippen molar-refractivity contribution in [3.05, 3.63) is 40.5 Å². The smallest absolute Gasteiger partial charge is 0.236 e. The van der Waals surface area contributed by atoms with Crippen LogP contribution >= 0.6 is 0 Å². The summed E-state index contributed by atoms with van der Waals surface area (Å²) in [6, 6.07) is 4.08. The van der Waals surface area contributed by atoms with Crippen molar-refractivity contribution in [1.29, 1.82) is 0 Å². The number of nitrogens with one attached hydrogen (secondary N) is 1. The van der Waals surface area contributed by atoms with E-state index in [2.05, 4.69) is 15.5 Å². The van der Waals surface area contributed by atoms with Gasteiger partial charge in [0.2, 0.25) is 11.8 Å². The van der Waals surface area contributed by atoms with Crippen molar-refractivity contribution in [2.24, 2.45) is 0 Å². The Kier molecular flexibility index (Phi) is 3.64. The number of benzene rings is 1. The second kappa shape index (κ2) is 5.22. The van der Waals surface area contributed by atoms with Crippen LogP contribution in [0, 0.1) is 27.7 Å². The van der Waals surface area contributed by atoms with Gasteiger partial charge >= 0.3 is 0 Å². The lowest BCUT2D eigenvalue weighted by Gasteiger charge is -2.12. The van der Waals surface area contributed by atoms with E-state index in [4.69, 9.17) is 4.52 Å². The molecule has 0 unspecified atom stereocenters. The summed E-state index contributed by atoms with van der Waals surface area (Å²) in [5, 5.41) is 6.55. The summed E-state index contributed by atoms with van der Waals surface area (Å²) < 4.78 is 4.93. The van der Waals surface area contributed by atoms with Crippen LogP contribution in [-0.2, 0) is 11.2 Å². The summed E-state index contributed by atoms with van der Waals surface area (Å²) in [5.74, 6) is 0.710.